The van der Waals surface area contributed by atoms with Crippen LogP contribution in [0.25, 0.3) is 0 Å². The summed E-state index contributed by atoms with van der Waals surface area (Å²) in [6.45, 7) is 8.15. The molecule has 3 nitrogen and oxygen atoms in total. The molecule has 2 atom stereocenters. The van der Waals surface area contributed by atoms with Gasteiger partial charge in [-0.1, -0.05) is 20.8 Å². The number of carbonyl (C=O) groups is 1. The molecule has 0 bridgehead atoms. The Morgan fingerprint density at radius 2 is 1.86 bits per heavy atom. The van der Waals surface area contributed by atoms with Crippen LogP contribution < -0.4 is 5.32 Å². The van der Waals surface area contributed by atoms with Gasteiger partial charge >= 0.3 is 0 Å². The third-order valence-corrected chi connectivity index (χ3v) is 2.57. The fourth-order valence-electron chi connectivity index (χ4n) is 1.36. The van der Waals surface area contributed by atoms with Crippen LogP contribution >= 0.6 is 0 Å². The highest BCUT2D eigenvalue weighted by Crippen LogP contribution is 2.10. The van der Waals surface area contributed by atoms with E-state index >= 15 is 0 Å². The van der Waals surface area contributed by atoms with Crippen LogP contribution in [0, 0.1) is 11.8 Å². The quantitative estimate of drug-likeness (QED) is 0.702. The summed E-state index contributed by atoms with van der Waals surface area (Å²) in [6, 6.07) is 0. The summed E-state index contributed by atoms with van der Waals surface area (Å²) in [5.41, 5.74) is 0. The van der Waals surface area contributed by atoms with Crippen molar-refractivity contribution in [3.05, 3.63) is 0 Å². The van der Waals surface area contributed by atoms with E-state index in [2.05, 4.69) is 38.2 Å². The zero-order chi connectivity index (χ0) is 11.1. The van der Waals surface area contributed by atoms with Crippen LogP contribution in [0.15, 0.2) is 0 Å². The summed E-state index contributed by atoms with van der Waals surface area (Å²) in [7, 11) is 4.15. The molecule has 1 N–H and O–H groups in total. The van der Waals surface area contributed by atoms with E-state index in [1.807, 2.05) is 6.92 Å². The van der Waals surface area contributed by atoms with Crippen molar-refractivity contribution in [3.8, 4) is 0 Å². The lowest BCUT2D eigenvalue weighted by Gasteiger charge is -2.23. The standard InChI is InChI=1S/C11H24N2O/c1-6-11(14)12-7-9(2)10(3)8-13(4)5/h9-10H,6-8H2,1-5H3,(H,12,14). The molecule has 1 amide bonds. The highest BCUT2D eigenvalue weighted by molar-refractivity contribution is 5.75. The molecule has 84 valence electrons. The maximum absolute atomic E-state index is 11.0. The topological polar surface area (TPSA) is 32.3 Å². The predicted octanol–water partition coefficient (Wildman–Crippen LogP) is 1.35. The summed E-state index contributed by atoms with van der Waals surface area (Å²) in [5.74, 6) is 1.30. The second kappa shape index (κ2) is 6.82. The minimum absolute atomic E-state index is 0.147. The van der Waals surface area contributed by atoms with Gasteiger partial charge in [0.05, 0.1) is 0 Å². The Hall–Kier alpha value is -0.570. The van der Waals surface area contributed by atoms with Crippen molar-refractivity contribution in [2.45, 2.75) is 27.2 Å². The molecule has 0 saturated heterocycles. The van der Waals surface area contributed by atoms with Crippen LogP contribution in [-0.4, -0.2) is 38.0 Å². The molecule has 0 aromatic rings. The molecule has 0 saturated carbocycles. The summed E-state index contributed by atoms with van der Waals surface area (Å²) in [5, 5.41) is 2.93. The van der Waals surface area contributed by atoms with Crippen molar-refractivity contribution in [1.82, 2.24) is 10.2 Å². The Labute approximate surface area is 87.9 Å². The van der Waals surface area contributed by atoms with Crippen LogP contribution in [0.1, 0.15) is 27.2 Å². The van der Waals surface area contributed by atoms with E-state index in [1.54, 1.807) is 0 Å². The summed E-state index contributed by atoms with van der Waals surface area (Å²) in [6.07, 6.45) is 0.578. The monoisotopic (exact) mass is 200 g/mol. The number of nitrogens with one attached hydrogen (secondary N) is 1. The van der Waals surface area contributed by atoms with Gasteiger partial charge in [-0.2, -0.15) is 0 Å². The van der Waals surface area contributed by atoms with Crippen molar-refractivity contribution < 1.29 is 4.79 Å². The van der Waals surface area contributed by atoms with E-state index < -0.39 is 0 Å². The average Bonchev–Trinajstić information content (AvgIpc) is 2.12. The molecule has 0 rings (SSSR count). The Morgan fingerprint density at radius 3 is 2.29 bits per heavy atom. The van der Waals surface area contributed by atoms with Gasteiger partial charge in [0.15, 0.2) is 0 Å². The molecule has 0 aromatic carbocycles. The fraction of sp³-hybridized carbons (Fsp3) is 0.909. The highest BCUT2D eigenvalue weighted by Gasteiger charge is 2.13. The molecule has 0 fully saturated rings. The molecule has 0 heterocycles. The molecular formula is C11H24N2O. The van der Waals surface area contributed by atoms with Crippen LogP contribution in [0.3, 0.4) is 0 Å². The van der Waals surface area contributed by atoms with Crippen molar-refractivity contribution in [2.24, 2.45) is 11.8 Å². The number of carbonyl (C=O) groups excluding carboxylic acids is 1. The van der Waals surface area contributed by atoms with Gasteiger partial charge in [-0.05, 0) is 25.9 Å². The van der Waals surface area contributed by atoms with Crippen molar-refractivity contribution in [1.29, 1.82) is 0 Å². The van der Waals surface area contributed by atoms with Crippen molar-refractivity contribution in [3.63, 3.8) is 0 Å². The molecule has 0 aliphatic heterocycles. The number of amides is 1. The first-order valence-electron chi connectivity index (χ1n) is 5.38. The predicted molar refractivity (Wildman–Crippen MR) is 60.2 cm³/mol. The molecule has 0 aromatic heterocycles. The summed E-state index contributed by atoms with van der Waals surface area (Å²) in [4.78, 5) is 13.2. The number of hydrogen-bond donors (Lipinski definition) is 1. The lowest BCUT2D eigenvalue weighted by molar-refractivity contribution is -0.121. The van der Waals surface area contributed by atoms with E-state index in [0.717, 1.165) is 13.1 Å². The second-order valence-corrected chi connectivity index (χ2v) is 4.37. The van der Waals surface area contributed by atoms with Crippen LogP contribution in [0.5, 0.6) is 0 Å². The zero-order valence-corrected chi connectivity index (χ0v) is 10.1. The Morgan fingerprint density at radius 1 is 1.29 bits per heavy atom. The summed E-state index contributed by atoms with van der Waals surface area (Å²) < 4.78 is 0. The fourth-order valence-corrected chi connectivity index (χ4v) is 1.36. The van der Waals surface area contributed by atoms with Crippen LogP contribution in [0.2, 0.25) is 0 Å². The maximum atomic E-state index is 11.0. The van der Waals surface area contributed by atoms with Gasteiger partial charge in [0.2, 0.25) is 5.91 Å². The minimum Gasteiger partial charge on any atom is -0.356 e. The third-order valence-electron chi connectivity index (χ3n) is 2.57. The molecule has 2 unspecified atom stereocenters. The highest BCUT2D eigenvalue weighted by atomic mass is 16.1. The van der Waals surface area contributed by atoms with Gasteiger partial charge in [-0.25, -0.2) is 0 Å². The van der Waals surface area contributed by atoms with Gasteiger partial charge in [-0.15, -0.1) is 0 Å². The van der Waals surface area contributed by atoms with E-state index in [1.165, 1.54) is 0 Å². The van der Waals surface area contributed by atoms with Crippen LogP contribution in [0.4, 0.5) is 0 Å². The van der Waals surface area contributed by atoms with Gasteiger partial charge < -0.3 is 10.2 Å². The smallest absolute Gasteiger partial charge is 0.219 e. The van der Waals surface area contributed by atoms with Crippen molar-refractivity contribution >= 4 is 5.91 Å². The first-order valence-corrected chi connectivity index (χ1v) is 5.38. The van der Waals surface area contributed by atoms with Gasteiger partial charge in [-0.3, -0.25) is 4.79 Å². The Kier molecular flexibility index (Phi) is 6.54. The lowest BCUT2D eigenvalue weighted by atomic mass is 9.95. The zero-order valence-electron chi connectivity index (χ0n) is 10.1. The van der Waals surface area contributed by atoms with E-state index in [4.69, 9.17) is 0 Å². The molecule has 0 aliphatic rings. The normalized spacial score (nSPS) is 15.3. The first-order chi connectivity index (χ1) is 6.47. The minimum atomic E-state index is 0.147. The second-order valence-electron chi connectivity index (χ2n) is 4.37. The molecule has 14 heavy (non-hydrogen) atoms. The van der Waals surface area contributed by atoms with Crippen LogP contribution in [-0.2, 0) is 4.79 Å². The molecule has 0 spiro atoms. The third kappa shape index (κ3) is 5.97. The number of rotatable bonds is 6. The molecule has 0 aliphatic carbocycles. The molecular weight excluding hydrogens is 176 g/mol. The first kappa shape index (κ1) is 13.4. The van der Waals surface area contributed by atoms with E-state index in [0.29, 0.717) is 18.3 Å². The van der Waals surface area contributed by atoms with Gasteiger partial charge in [0.25, 0.3) is 0 Å². The maximum Gasteiger partial charge on any atom is 0.219 e. The summed E-state index contributed by atoms with van der Waals surface area (Å²) >= 11 is 0. The lowest BCUT2D eigenvalue weighted by Crippen LogP contribution is -2.33. The molecule has 3 heteroatoms. The van der Waals surface area contributed by atoms with Crippen molar-refractivity contribution in [2.75, 3.05) is 27.2 Å². The number of nitrogens with zero attached hydrogens (tertiary/aromatic N) is 1. The van der Waals surface area contributed by atoms with E-state index in [-0.39, 0.29) is 5.91 Å². The van der Waals surface area contributed by atoms with E-state index in [9.17, 15) is 4.79 Å². The Balaban J connectivity index is 3.72. The largest absolute Gasteiger partial charge is 0.356 e. The number of hydrogen-bond acceptors (Lipinski definition) is 2. The Bertz CT molecular complexity index is 169. The van der Waals surface area contributed by atoms with Gasteiger partial charge in [0.1, 0.15) is 0 Å². The molecule has 0 radical (unpaired) electrons. The van der Waals surface area contributed by atoms with Gasteiger partial charge in [0, 0.05) is 19.5 Å². The average molecular weight is 200 g/mol. The SMILES string of the molecule is CCC(=O)NCC(C)C(C)CN(C)C.